The molecule has 0 bridgehead atoms. The number of thiazole rings is 1. The summed E-state index contributed by atoms with van der Waals surface area (Å²) >= 11 is 1.63. The average molecular weight is 503 g/mol. The fourth-order valence-corrected chi connectivity index (χ4v) is 5.43. The number of nitrogens with zero attached hydrogens (tertiary/aromatic N) is 2. The zero-order valence-electron chi connectivity index (χ0n) is 20.9. The van der Waals surface area contributed by atoms with Gasteiger partial charge in [0.05, 0.1) is 15.9 Å². The van der Waals surface area contributed by atoms with Gasteiger partial charge < -0.3 is 9.52 Å². The Labute approximate surface area is 219 Å². The summed E-state index contributed by atoms with van der Waals surface area (Å²) in [4.78, 5) is 9.82. The van der Waals surface area contributed by atoms with E-state index in [0.29, 0.717) is 5.56 Å². The van der Waals surface area contributed by atoms with E-state index >= 15 is 0 Å². The van der Waals surface area contributed by atoms with Crippen molar-refractivity contribution in [2.24, 2.45) is 4.99 Å². The number of fused-ring (bicyclic) bond motifs is 2. The zero-order chi connectivity index (χ0) is 25.6. The molecule has 0 atom stereocenters. The Morgan fingerprint density at radius 3 is 2.49 bits per heavy atom. The minimum Gasteiger partial charge on any atom is -0.507 e. The lowest BCUT2D eigenvalue weighted by atomic mass is 9.86. The maximum absolute atomic E-state index is 10.4. The number of rotatable bonds is 4. The summed E-state index contributed by atoms with van der Waals surface area (Å²) in [5.41, 5.74) is 6.31. The molecular weight excluding hydrogens is 476 g/mol. The molecule has 6 aromatic rings. The summed E-state index contributed by atoms with van der Waals surface area (Å²) < 4.78 is 7.24. The Bertz CT molecular complexity index is 1750. The molecule has 5 heteroatoms. The normalized spacial score (nSPS) is 12.2. The highest BCUT2D eigenvalue weighted by Crippen LogP contribution is 2.40. The van der Waals surface area contributed by atoms with Crippen LogP contribution in [0, 0.1) is 0 Å². The summed E-state index contributed by atoms with van der Waals surface area (Å²) in [6.07, 6.45) is 1.73. The van der Waals surface area contributed by atoms with Crippen LogP contribution in [0.4, 0.5) is 5.69 Å². The van der Waals surface area contributed by atoms with Crippen molar-refractivity contribution in [2.45, 2.75) is 26.2 Å². The molecule has 0 amide bonds. The SMILES string of the molecule is CC(C)(C)c1ccc(O)c(C=Nc2ccccc2-c2nc3c(-c4cc5ccccc5o4)cccc3s2)c1. The van der Waals surface area contributed by atoms with Crippen molar-refractivity contribution in [1.82, 2.24) is 4.98 Å². The van der Waals surface area contributed by atoms with Gasteiger partial charge in [0.1, 0.15) is 22.1 Å². The average Bonchev–Trinajstić information content (AvgIpc) is 3.52. The van der Waals surface area contributed by atoms with E-state index in [9.17, 15) is 5.11 Å². The molecule has 6 rings (SSSR count). The topological polar surface area (TPSA) is 58.6 Å². The van der Waals surface area contributed by atoms with E-state index in [1.54, 1.807) is 23.6 Å². The Morgan fingerprint density at radius 2 is 1.65 bits per heavy atom. The highest BCUT2D eigenvalue weighted by Gasteiger charge is 2.17. The number of phenols is 1. The molecule has 4 nitrogen and oxygen atoms in total. The van der Waals surface area contributed by atoms with Gasteiger partial charge in [-0.3, -0.25) is 4.99 Å². The predicted octanol–water partition coefficient (Wildman–Crippen LogP) is 9.13. The Balaban J connectivity index is 1.41. The van der Waals surface area contributed by atoms with Crippen molar-refractivity contribution in [3.8, 4) is 27.6 Å². The van der Waals surface area contributed by atoms with Crippen LogP contribution in [0.1, 0.15) is 31.9 Å². The van der Waals surface area contributed by atoms with Crippen molar-refractivity contribution in [3.63, 3.8) is 0 Å². The van der Waals surface area contributed by atoms with E-state index in [-0.39, 0.29) is 11.2 Å². The van der Waals surface area contributed by atoms with Crippen LogP contribution in [-0.4, -0.2) is 16.3 Å². The number of hydrogen-bond donors (Lipinski definition) is 1. The number of para-hydroxylation sites is 3. The van der Waals surface area contributed by atoms with Crippen LogP contribution >= 0.6 is 11.3 Å². The number of aliphatic imine (C=N–C) groups is 1. The molecule has 182 valence electrons. The molecule has 2 aromatic heterocycles. The quantitative estimate of drug-likeness (QED) is 0.245. The van der Waals surface area contributed by atoms with Crippen molar-refractivity contribution in [3.05, 3.63) is 102 Å². The van der Waals surface area contributed by atoms with E-state index < -0.39 is 0 Å². The van der Waals surface area contributed by atoms with Crippen LogP contribution < -0.4 is 0 Å². The highest BCUT2D eigenvalue weighted by atomic mass is 32.1. The standard InChI is InChI=1S/C32H26N2O2S/c1-32(2,3)22-15-16-26(35)21(17-22)19-33-25-12-6-5-10-23(25)31-34-30-24(11-8-14-29(30)37-31)28-18-20-9-4-7-13-27(20)36-28/h4-19,35H,1-3H3. The lowest BCUT2D eigenvalue weighted by Gasteiger charge is -2.19. The van der Waals surface area contributed by atoms with Crippen LogP contribution in [0.3, 0.4) is 0 Å². The summed E-state index contributed by atoms with van der Waals surface area (Å²) in [7, 11) is 0. The molecule has 4 aromatic carbocycles. The summed E-state index contributed by atoms with van der Waals surface area (Å²) in [5.74, 6) is 1.02. The van der Waals surface area contributed by atoms with Crippen molar-refractivity contribution < 1.29 is 9.52 Å². The maximum atomic E-state index is 10.4. The highest BCUT2D eigenvalue weighted by molar-refractivity contribution is 7.21. The van der Waals surface area contributed by atoms with Crippen molar-refractivity contribution in [1.29, 1.82) is 0 Å². The van der Waals surface area contributed by atoms with E-state index in [1.165, 1.54) is 0 Å². The molecule has 0 saturated heterocycles. The molecule has 0 saturated carbocycles. The van der Waals surface area contributed by atoms with Gasteiger partial charge in [-0.25, -0.2) is 4.98 Å². The molecule has 0 aliphatic heterocycles. The molecule has 1 N–H and O–H groups in total. The number of hydrogen-bond acceptors (Lipinski definition) is 5. The van der Waals surface area contributed by atoms with Crippen molar-refractivity contribution in [2.75, 3.05) is 0 Å². The molecular formula is C32H26N2O2S. The van der Waals surface area contributed by atoms with Gasteiger partial charge in [0.2, 0.25) is 0 Å². The minimum absolute atomic E-state index is 0.0211. The van der Waals surface area contributed by atoms with E-state index in [1.807, 2.05) is 60.7 Å². The third-order valence-electron chi connectivity index (χ3n) is 6.48. The number of benzene rings is 4. The molecule has 0 fully saturated rings. The van der Waals surface area contributed by atoms with Crippen LogP contribution in [0.15, 0.2) is 100 Å². The molecule has 0 aliphatic rings. The van der Waals surface area contributed by atoms with Gasteiger partial charge >= 0.3 is 0 Å². The van der Waals surface area contributed by atoms with Gasteiger partial charge in [-0.2, -0.15) is 0 Å². The monoisotopic (exact) mass is 502 g/mol. The first-order chi connectivity index (χ1) is 17.9. The van der Waals surface area contributed by atoms with Crippen LogP contribution in [0.5, 0.6) is 5.75 Å². The predicted molar refractivity (Wildman–Crippen MR) is 154 cm³/mol. The molecule has 0 radical (unpaired) electrons. The minimum atomic E-state index is -0.0211. The molecule has 0 unspecified atom stereocenters. The largest absolute Gasteiger partial charge is 0.507 e. The van der Waals surface area contributed by atoms with Gasteiger partial charge in [0, 0.05) is 28.3 Å². The summed E-state index contributed by atoms with van der Waals surface area (Å²) in [6.45, 7) is 6.47. The fourth-order valence-electron chi connectivity index (χ4n) is 4.41. The van der Waals surface area contributed by atoms with Crippen LogP contribution in [-0.2, 0) is 5.41 Å². The van der Waals surface area contributed by atoms with Gasteiger partial charge in [-0.05, 0) is 59.5 Å². The third-order valence-corrected chi connectivity index (χ3v) is 7.53. The maximum Gasteiger partial charge on any atom is 0.137 e. The van der Waals surface area contributed by atoms with E-state index in [0.717, 1.165) is 54.3 Å². The molecule has 0 spiro atoms. The fraction of sp³-hybridized carbons (Fsp3) is 0.125. The van der Waals surface area contributed by atoms with Crippen molar-refractivity contribution >= 4 is 44.4 Å². The number of phenolic OH excluding ortho intramolecular Hbond substituents is 1. The van der Waals surface area contributed by atoms with Gasteiger partial charge in [-0.15, -0.1) is 11.3 Å². The van der Waals surface area contributed by atoms with E-state index in [4.69, 9.17) is 14.4 Å². The first-order valence-corrected chi connectivity index (χ1v) is 13.0. The number of aromatic hydroxyl groups is 1. The van der Waals surface area contributed by atoms with Gasteiger partial charge in [0.25, 0.3) is 0 Å². The Morgan fingerprint density at radius 1 is 0.865 bits per heavy atom. The molecule has 37 heavy (non-hydrogen) atoms. The Hall–Kier alpha value is -4.22. The first-order valence-electron chi connectivity index (χ1n) is 12.2. The number of aromatic nitrogens is 1. The second-order valence-electron chi connectivity index (χ2n) is 10.1. The third kappa shape index (κ3) is 4.43. The first kappa shape index (κ1) is 23.2. The van der Waals surface area contributed by atoms with Crippen LogP contribution in [0.2, 0.25) is 0 Å². The zero-order valence-corrected chi connectivity index (χ0v) is 21.7. The second kappa shape index (κ2) is 9.02. The van der Waals surface area contributed by atoms with Crippen LogP contribution in [0.25, 0.3) is 43.1 Å². The lowest BCUT2D eigenvalue weighted by Crippen LogP contribution is -2.11. The smallest absolute Gasteiger partial charge is 0.137 e. The molecule has 2 heterocycles. The summed E-state index contributed by atoms with van der Waals surface area (Å²) in [6, 6.07) is 30.0. The van der Waals surface area contributed by atoms with E-state index in [2.05, 4.69) is 45.0 Å². The molecule has 0 aliphatic carbocycles. The number of furan rings is 1. The summed E-state index contributed by atoms with van der Waals surface area (Å²) in [5, 5.41) is 12.4. The second-order valence-corrected chi connectivity index (χ2v) is 11.1. The Kier molecular flexibility index (Phi) is 5.65. The van der Waals surface area contributed by atoms with Gasteiger partial charge in [-0.1, -0.05) is 63.2 Å². The van der Waals surface area contributed by atoms with Gasteiger partial charge in [0.15, 0.2) is 0 Å². The lowest BCUT2D eigenvalue weighted by molar-refractivity contribution is 0.473.